The van der Waals surface area contributed by atoms with Crippen LogP contribution in [0.4, 0.5) is 8.78 Å². The van der Waals surface area contributed by atoms with Gasteiger partial charge in [-0.3, -0.25) is 0 Å². The number of thioether (sulfide) groups is 1. The molecule has 70 valence electrons. The summed E-state index contributed by atoms with van der Waals surface area (Å²) in [5.41, 5.74) is -1.38. The first kappa shape index (κ1) is 9.96. The monoisotopic (exact) mass is 194 g/mol. The van der Waals surface area contributed by atoms with Gasteiger partial charge >= 0.3 is 0 Å². The Kier molecular flexibility index (Phi) is 2.76. The fourth-order valence-electron chi connectivity index (χ4n) is 1.40. The van der Waals surface area contributed by atoms with Crippen LogP contribution in [-0.2, 0) is 4.79 Å². The molecule has 0 unspecified atom stereocenters. The van der Waals surface area contributed by atoms with Gasteiger partial charge in [0.1, 0.15) is 6.29 Å². The molecule has 0 N–H and O–H groups in total. The van der Waals surface area contributed by atoms with E-state index in [1.165, 1.54) is 0 Å². The Labute approximate surface area is 74.9 Å². The molecule has 1 aliphatic heterocycles. The molecule has 1 rings (SSSR count). The van der Waals surface area contributed by atoms with Gasteiger partial charge in [-0.25, -0.2) is 8.78 Å². The van der Waals surface area contributed by atoms with Gasteiger partial charge in [-0.15, -0.1) is 0 Å². The molecule has 0 aromatic carbocycles. The van der Waals surface area contributed by atoms with Crippen molar-refractivity contribution in [2.75, 3.05) is 11.5 Å². The maximum Gasteiger partial charge on any atom is 0.257 e. The number of carbonyl (C=O) groups excluding carboxylic acids is 1. The summed E-state index contributed by atoms with van der Waals surface area (Å²) in [5.74, 6) is -1.53. The Morgan fingerprint density at radius 3 is 2.17 bits per heavy atom. The van der Waals surface area contributed by atoms with E-state index in [0.29, 0.717) is 30.6 Å². The van der Waals surface area contributed by atoms with E-state index in [0.717, 1.165) is 6.92 Å². The zero-order valence-corrected chi connectivity index (χ0v) is 7.79. The molecule has 12 heavy (non-hydrogen) atoms. The molecule has 0 atom stereocenters. The zero-order chi connectivity index (χ0) is 9.24. The fourth-order valence-corrected chi connectivity index (χ4v) is 2.62. The van der Waals surface area contributed by atoms with E-state index < -0.39 is 11.3 Å². The highest BCUT2D eigenvalue weighted by molar-refractivity contribution is 7.99. The second-order valence-corrected chi connectivity index (χ2v) is 4.50. The molecule has 0 aromatic heterocycles. The summed E-state index contributed by atoms with van der Waals surface area (Å²) in [6, 6.07) is 0. The van der Waals surface area contributed by atoms with Gasteiger partial charge < -0.3 is 4.79 Å². The van der Waals surface area contributed by atoms with Crippen LogP contribution in [0.25, 0.3) is 0 Å². The summed E-state index contributed by atoms with van der Waals surface area (Å²) < 4.78 is 26.0. The van der Waals surface area contributed by atoms with E-state index in [1.807, 2.05) is 0 Å². The molecule has 1 aliphatic rings. The number of rotatable bonds is 2. The molecule has 0 spiro atoms. The summed E-state index contributed by atoms with van der Waals surface area (Å²) in [4.78, 5) is 10.6. The van der Waals surface area contributed by atoms with Crippen LogP contribution >= 0.6 is 11.8 Å². The smallest absolute Gasteiger partial charge is 0.257 e. The molecule has 1 heterocycles. The Morgan fingerprint density at radius 2 is 1.92 bits per heavy atom. The standard InChI is InChI=1S/C8H12F2OS/c1-7(9,10)8(6-11)2-4-12-5-3-8/h6H,2-5H2,1H3. The Morgan fingerprint density at radius 1 is 1.42 bits per heavy atom. The molecule has 0 amide bonds. The van der Waals surface area contributed by atoms with Crippen LogP contribution in [0.2, 0.25) is 0 Å². The van der Waals surface area contributed by atoms with Crippen molar-refractivity contribution in [1.82, 2.24) is 0 Å². The Hall–Kier alpha value is -0.120. The van der Waals surface area contributed by atoms with Gasteiger partial charge in [0, 0.05) is 6.92 Å². The van der Waals surface area contributed by atoms with E-state index in [4.69, 9.17) is 0 Å². The topological polar surface area (TPSA) is 17.1 Å². The Balaban J connectivity index is 2.80. The highest BCUT2D eigenvalue weighted by Crippen LogP contribution is 2.45. The van der Waals surface area contributed by atoms with Crippen molar-refractivity contribution >= 4 is 18.0 Å². The SMILES string of the molecule is CC(F)(F)C1(C=O)CCSCC1. The minimum Gasteiger partial charge on any atom is -0.303 e. The molecule has 1 fully saturated rings. The minimum absolute atomic E-state index is 0.310. The van der Waals surface area contributed by atoms with Gasteiger partial charge in [-0.1, -0.05) is 0 Å². The van der Waals surface area contributed by atoms with Crippen LogP contribution in [0.5, 0.6) is 0 Å². The first-order chi connectivity index (χ1) is 5.52. The third kappa shape index (κ3) is 1.63. The van der Waals surface area contributed by atoms with Crippen molar-refractivity contribution < 1.29 is 13.6 Å². The van der Waals surface area contributed by atoms with Gasteiger partial charge in [-0.2, -0.15) is 11.8 Å². The van der Waals surface area contributed by atoms with E-state index in [2.05, 4.69) is 0 Å². The zero-order valence-electron chi connectivity index (χ0n) is 6.98. The molecular formula is C8H12F2OS. The van der Waals surface area contributed by atoms with Gasteiger partial charge in [0.15, 0.2) is 0 Å². The first-order valence-corrected chi connectivity index (χ1v) is 5.09. The van der Waals surface area contributed by atoms with Crippen molar-refractivity contribution in [3.05, 3.63) is 0 Å². The van der Waals surface area contributed by atoms with E-state index >= 15 is 0 Å². The maximum atomic E-state index is 13.0. The molecular weight excluding hydrogens is 182 g/mol. The lowest BCUT2D eigenvalue weighted by Crippen LogP contribution is -2.43. The van der Waals surface area contributed by atoms with Gasteiger partial charge in [-0.05, 0) is 24.3 Å². The van der Waals surface area contributed by atoms with Crippen molar-refractivity contribution in [3.8, 4) is 0 Å². The first-order valence-electron chi connectivity index (χ1n) is 3.94. The van der Waals surface area contributed by atoms with Gasteiger partial charge in [0.05, 0.1) is 5.41 Å². The molecule has 0 aliphatic carbocycles. The Bertz CT molecular complexity index is 170. The van der Waals surface area contributed by atoms with Gasteiger partial charge in [0.2, 0.25) is 0 Å². The molecule has 0 radical (unpaired) electrons. The van der Waals surface area contributed by atoms with Crippen LogP contribution in [0.3, 0.4) is 0 Å². The van der Waals surface area contributed by atoms with Crippen LogP contribution < -0.4 is 0 Å². The van der Waals surface area contributed by atoms with Crippen LogP contribution in [0, 0.1) is 5.41 Å². The number of hydrogen-bond acceptors (Lipinski definition) is 2. The maximum absolute atomic E-state index is 13.0. The molecule has 0 saturated carbocycles. The molecule has 1 nitrogen and oxygen atoms in total. The summed E-state index contributed by atoms with van der Waals surface area (Å²) in [5, 5.41) is 0. The van der Waals surface area contributed by atoms with Crippen molar-refractivity contribution in [2.24, 2.45) is 5.41 Å². The normalized spacial score (nSPS) is 23.6. The third-order valence-electron chi connectivity index (χ3n) is 2.48. The number of halogens is 2. The number of alkyl halides is 2. The van der Waals surface area contributed by atoms with Crippen LogP contribution in [0.15, 0.2) is 0 Å². The minimum atomic E-state index is -2.87. The molecule has 0 bridgehead atoms. The predicted octanol–water partition coefficient (Wildman–Crippen LogP) is 2.35. The molecule has 0 aromatic rings. The lowest BCUT2D eigenvalue weighted by atomic mass is 9.78. The predicted molar refractivity (Wildman–Crippen MR) is 45.7 cm³/mol. The van der Waals surface area contributed by atoms with Crippen LogP contribution in [-0.4, -0.2) is 23.7 Å². The quantitative estimate of drug-likeness (QED) is 0.628. The highest BCUT2D eigenvalue weighted by Gasteiger charge is 2.50. The summed E-state index contributed by atoms with van der Waals surface area (Å²) >= 11 is 1.64. The average Bonchev–Trinajstić information content (AvgIpc) is 2.04. The second kappa shape index (κ2) is 3.32. The fraction of sp³-hybridized carbons (Fsp3) is 0.875. The number of hydrogen-bond donors (Lipinski definition) is 0. The van der Waals surface area contributed by atoms with Crippen LogP contribution in [0.1, 0.15) is 19.8 Å². The third-order valence-corrected chi connectivity index (χ3v) is 3.47. The summed E-state index contributed by atoms with van der Waals surface area (Å²) in [7, 11) is 0. The average molecular weight is 194 g/mol. The van der Waals surface area contributed by atoms with Crippen molar-refractivity contribution in [1.29, 1.82) is 0 Å². The summed E-state index contributed by atoms with van der Waals surface area (Å²) in [6.07, 6.45) is 1.07. The van der Waals surface area contributed by atoms with E-state index in [1.54, 1.807) is 11.8 Å². The van der Waals surface area contributed by atoms with Crippen molar-refractivity contribution in [3.63, 3.8) is 0 Å². The lowest BCUT2D eigenvalue weighted by molar-refractivity contribution is -0.144. The second-order valence-electron chi connectivity index (χ2n) is 3.27. The van der Waals surface area contributed by atoms with Crippen molar-refractivity contribution in [2.45, 2.75) is 25.7 Å². The van der Waals surface area contributed by atoms with E-state index in [9.17, 15) is 13.6 Å². The largest absolute Gasteiger partial charge is 0.303 e. The number of carbonyl (C=O) groups is 1. The van der Waals surface area contributed by atoms with Gasteiger partial charge in [0.25, 0.3) is 5.92 Å². The lowest BCUT2D eigenvalue weighted by Gasteiger charge is -2.36. The highest BCUT2D eigenvalue weighted by atomic mass is 32.2. The summed E-state index contributed by atoms with van der Waals surface area (Å²) in [6.45, 7) is 0.845. The number of aldehydes is 1. The van der Waals surface area contributed by atoms with E-state index in [-0.39, 0.29) is 0 Å². The molecule has 4 heteroatoms. The molecule has 1 saturated heterocycles.